The van der Waals surface area contributed by atoms with Gasteiger partial charge in [0.2, 0.25) is 0 Å². The fourth-order valence-electron chi connectivity index (χ4n) is 2.58. The van der Waals surface area contributed by atoms with Crippen LogP contribution in [0, 0.1) is 5.92 Å². The molecule has 0 radical (unpaired) electrons. The topological polar surface area (TPSA) is 38.5 Å². The third-order valence-electron chi connectivity index (χ3n) is 3.53. The molecular weight excluding hydrogens is 212 g/mol. The lowest BCUT2D eigenvalue weighted by atomic mass is 10.0. The van der Waals surface area contributed by atoms with Crippen LogP contribution in [0.5, 0.6) is 5.75 Å². The van der Waals surface area contributed by atoms with Gasteiger partial charge in [-0.25, -0.2) is 0 Å². The van der Waals surface area contributed by atoms with Crippen molar-refractivity contribution in [3.05, 3.63) is 24.3 Å². The Kier molecular flexibility index (Phi) is 4.26. The highest BCUT2D eigenvalue weighted by Gasteiger charge is 2.23. The van der Waals surface area contributed by atoms with E-state index in [0.717, 1.165) is 37.7 Å². The first-order valence-corrected chi connectivity index (χ1v) is 6.43. The van der Waals surface area contributed by atoms with Crippen LogP contribution >= 0.6 is 0 Å². The predicted molar refractivity (Wildman–Crippen MR) is 71.6 cm³/mol. The molecule has 1 aromatic carbocycles. The number of hydrogen-bond donors (Lipinski definition) is 1. The Morgan fingerprint density at radius 3 is 3.00 bits per heavy atom. The first kappa shape index (κ1) is 12.2. The van der Waals surface area contributed by atoms with Crippen LogP contribution in [0.3, 0.4) is 0 Å². The van der Waals surface area contributed by atoms with Gasteiger partial charge in [0.05, 0.1) is 12.8 Å². The zero-order valence-corrected chi connectivity index (χ0v) is 10.6. The largest absolute Gasteiger partial charge is 0.495 e. The highest BCUT2D eigenvalue weighted by Crippen LogP contribution is 2.32. The molecule has 0 aliphatic carbocycles. The van der Waals surface area contributed by atoms with Gasteiger partial charge in [-0.05, 0) is 43.9 Å². The van der Waals surface area contributed by atoms with Crippen molar-refractivity contribution in [3.8, 4) is 5.75 Å². The lowest BCUT2D eigenvalue weighted by molar-refractivity contribution is 0.414. The highest BCUT2D eigenvalue weighted by molar-refractivity contribution is 5.58. The van der Waals surface area contributed by atoms with Crippen LogP contribution in [-0.4, -0.2) is 26.7 Å². The second-order valence-electron chi connectivity index (χ2n) is 4.70. The van der Waals surface area contributed by atoms with Gasteiger partial charge < -0.3 is 15.4 Å². The summed E-state index contributed by atoms with van der Waals surface area (Å²) in [6.45, 7) is 3.08. The summed E-state index contributed by atoms with van der Waals surface area (Å²) in [5, 5.41) is 0. The summed E-state index contributed by atoms with van der Waals surface area (Å²) in [6.07, 6.45) is 3.67. The first-order chi connectivity index (χ1) is 8.35. The summed E-state index contributed by atoms with van der Waals surface area (Å²) in [4.78, 5) is 2.43. The van der Waals surface area contributed by atoms with Gasteiger partial charge in [0.25, 0.3) is 0 Å². The van der Waals surface area contributed by atoms with E-state index in [0.29, 0.717) is 0 Å². The fourth-order valence-corrected chi connectivity index (χ4v) is 2.58. The molecule has 1 aliphatic rings. The number of benzene rings is 1. The van der Waals surface area contributed by atoms with Gasteiger partial charge >= 0.3 is 0 Å². The Hall–Kier alpha value is -1.22. The minimum absolute atomic E-state index is 0.795. The van der Waals surface area contributed by atoms with E-state index in [1.165, 1.54) is 18.5 Å². The maximum atomic E-state index is 5.56. The van der Waals surface area contributed by atoms with Gasteiger partial charge in [-0.2, -0.15) is 0 Å². The summed E-state index contributed by atoms with van der Waals surface area (Å²) >= 11 is 0. The van der Waals surface area contributed by atoms with Crippen LogP contribution in [0.4, 0.5) is 5.69 Å². The second kappa shape index (κ2) is 5.92. The quantitative estimate of drug-likeness (QED) is 0.849. The van der Waals surface area contributed by atoms with E-state index in [4.69, 9.17) is 10.5 Å². The summed E-state index contributed by atoms with van der Waals surface area (Å²) in [7, 11) is 1.74. The van der Waals surface area contributed by atoms with Crippen LogP contribution in [-0.2, 0) is 0 Å². The molecule has 1 atom stereocenters. The van der Waals surface area contributed by atoms with E-state index in [2.05, 4.69) is 17.0 Å². The van der Waals surface area contributed by atoms with Crippen LogP contribution in [0.2, 0.25) is 0 Å². The number of methoxy groups -OCH3 is 1. The number of anilines is 1. The average Bonchev–Trinajstić information content (AvgIpc) is 2.85. The molecule has 0 amide bonds. The number of nitrogens with two attached hydrogens (primary N) is 1. The van der Waals surface area contributed by atoms with Gasteiger partial charge in [-0.15, -0.1) is 0 Å². The fraction of sp³-hybridized carbons (Fsp3) is 0.571. The molecule has 0 spiro atoms. The normalized spacial score (nSPS) is 19.6. The van der Waals surface area contributed by atoms with Crippen molar-refractivity contribution >= 4 is 5.69 Å². The number of para-hydroxylation sites is 2. The molecule has 3 heteroatoms. The SMILES string of the molecule is COc1ccccc1N1CCC(CCCN)C1. The summed E-state index contributed by atoms with van der Waals surface area (Å²) < 4.78 is 5.41. The maximum absolute atomic E-state index is 5.56. The second-order valence-corrected chi connectivity index (χ2v) is 4.70. The highest BCUT2D eigenvalue weighted by atomic mass is 16.5. The predicted octanol–water partition coefficient (Wildman–Crippen LogP) is 2.26. The minimum Gasteiger partial charge on any atom is -0.495 e. The number of nitrogens with zero attached hydrogens (tertiary/aromatic N) is 1. The Labute approximate surface area is 104 Å². The molecule has 3 nitrogen and oxygen atoms in total. The number of rotatable bonds is 5. The van der Waals surface area contributed by atoms with Crippen LogP contribution < -0.4 is 15.4 Å². The van der Waals surface area contributed by atoms with Crippen LogP contribution in [0.25, 0.3) is 0 Å². The Morgan fingerprint density at radius 1 is 1.41 bits per heavy atom. The number of ether oxygens (including phenoxy) is 1. The van der Waals surface area contributed by atoms with E-state index < -0.39 is 0 Å². The van der Waals surface area contributed by atoms with E-state index in [-0.39, 0.29) is 0 Å². The third kappa shape index (κ3) is 2.91. The van der Waals surface area contributed by atoms with E-state index >= 15 is 0 Å². The smallest absolute Gasteiger partial charge is 0.142 e. The van der Waals surface area contributed by atoms with E-state index in [9.17, 15) is 0 Å². The first-order valence-electron chi connectivity index (χ1n) is 6.43. The van der Waals surface area contributed by atoms with Crippen molar-refractivity contribution in [2.45, 2.75) is 19.3 Å². The zero-order valence-electron chi connectivity index (χ0n) is 10.6. The lowest BCUT2D eigenvalue weighted by Gasteiger charge is -2.21. The summed E-state index contributed by atoms with van der Waals surface area (Å²) in [5.74, 6) is 1.77. The van der Waals surface area contributed by atoms with Gasteiger partial charge in [0.1, 0.15) is 5.75 Å². The standard InChI is InChI=1S/C14H22N2O/c1-17-14-7-3-2-6-13(14)16-10-8-12(11-16)5-4-9-15/h2-3,6-7,12H,4-5,8-11,15H2,1H3. The van der Waals surface area contributed by atoms with E-state index in [1.54, 1.807) is 7.11 Å². The van der Waals surface area contributed by atoms with Gasteiger partial charge in [0, 0.05) is 13.1 Å². The summed E-state index contributed by atoms with van der Waals surface area (Å²) in [6, 6.07) is 8.27. The molecule has 94 valence electrons. The zero-order chi connectivity index (χ0) is 12.1. The van der Waals surface area contributed by atoms with Crippen molar-refractivity contribution in [1.29, 1.82) is 0 Å². The summed E-state index contributed by atoms with van der Waals surface area (Å²) in [5.41, 5.74) is 6.79. The average molecular weight is 234 g/mol. The molecule has 1 fully saturated rings. The Morgan fingerprint density at radius 2 is 2.24 bits per heavy atom. The van der Waals surface area contributed by atoms with Gasteiger partial charge in [0.15, 0.2) is 0 Å². The van der Waals surface area contributed by atoms with Crippen molar-refractivity contribution in [1.82, 2.24) is 0 Å². The lowest BCUT2D eigenvalue weighted by Crippen LogP contribution is -2.20. The molecule has 2 N–H and O–H groups in total. The molecular formula is C14H22N2O. The van der Waals surface area contributed by atoms with Crippen molar-refractivity contribution in [2.24, 2.45) is 11.7 Å². The molecule has 0 bridgehead atoms. The van der Waals surface area contributed by atoms with Crippen molar-refractivity contribution in [2.75, 3.05) is 31.6 Å². The van der Waals surface area contributed by atoms with Gasteiger partial charge in [-0.3, -0.25) is 0 Å². The molecule has 1 unspecified atom stereocenters. The maximum Gasteiger partial charge on any atom is 0.142 e. The molecule has 1 heterocycles. The Bertz CT molecular complexity index is 354. The minimum atomic E-state index is 0.795. The molecule has 0 aromatic heterocycles. The van der Waals surface area contributed by atoms with Crippen LogP contribution in [0.1, 0.15) is 19.3 Å². The van der Waals surface area contributed by atoms with Crippen molar-refractivity contribution in [3.63, 3.8) is 0 Å². The number of hydrogen-bond acceptors (Lipinski definition) is 3. The monoisotopic (exact) mass is 234 g/mol. The molecule has 1 saturated heterocycles. The Balaban J connectivity index is 1.99. The van der Waals surface area contributed by atoms with Gasteiger partial charge in [-0.1, -0.05) is 12.1 Å². The molecule has 1 aromatic rings. The molecule has 17 heavy (non-hydrogen) atoms. The molecule has 0 saturated carbocycles. The van der Waals surface area contributed by atoms with Crippen LogP contribution in [0.15, 0.2) is 24.3 Å². The molecule has 1 aliphatic heterocycles. The third-order valence-corrected chi connectivity index (χ3v) is 3.53. The molecule has 2 rings (SSSR count). The van der Waals surface area contributed by atoms with E-state index in [1.807, 2.05) is 12.1 Å². The van der Waals surface area contributed by atoms with Crippen molar-refractivity contribution < 1.29 is 4.74 Å².